The van der Waals surface area contributed by atoms with Crippen molar-refractivity contribution in [2.75, 3.05) is 33.5 Å². The van der Waals surface area contributed by atoms with E-state index >= 15 is 0 Å². The first-order chi connectivity index (χ1) is 24.5. The van der Waals surface area contributed by atoms with E-state index < -0.39 is 11.9 Å². The van der Waals surface area contributed by atoms with Crippen LogP contribution in [0.3, 0.4) is 0 Å². The molecule has 0 bridgehead atoms. The van der Waals surface area contributed by atoms with Gasteiger partial charge in [0.2, 0.25) is 0 Å². The summed E-state index contributed by atoms with van der Waals surface area (Å²) in [4.78, 5) is 45.5. The first-order valence-corrected chi connectivity index (χ1v) is 16.6. The molecule has 0 saturated carbocycles. The number of ether oxygens (including phenoxy) is 5. The lowest BCUT2D eigenvalue weighted by molar-refractivity contribution is -0.140. The zero-order chi connectivity index (χ0) is 37.4. The maximum atomic E-state index is 12.2. The van der Waals surface area contributed by atoms with Crippen molar-refractivity contribution in [1.29, 1.82) is 0 Å². The number of hydrogen-bond acceptors (Lipinski definition) is 9. The lowest BCUT2D eigenvalue weighted by Crippen LogP contribution is -2.12. The summed E-state index contributed by atoms with van der Waals surface area (Å²) in [7, 11) is 1.32. The molecule has 0 aromatic heterocycles. The maximum absolute atomic E-state index is 12.2. The lowest BCUT2D eigenvalue weighted by atomic mass is 10.1. The van der Waals surface area contributed by atoms with E-state index in [1.807, 2.05) is 61.5 Å². The smallest absolute Gasteiger partial charge is 0.333 e. The number of aryl methyl sites for hydroxylation is 1. The number of methoxy groups -OCH3 is 1. The van der Waals surface area contributed by atoms with Crippen LogP contribution in [0.25, 0.3) is 12.2 Å². The number of benzene rings is 3. The number of hydrogen-bond donors (Lipinski definition) is 0. The van der Waals surface area contributed by atoms with Crippen LogP contribution in [-0.4, -0.2) is 57.2 Å². The molecular formula is C42H48O9. The monoisotopic (exact) mass is 696 g/mol. The molecule has 0 N–H and O–H groups in total. The second kappa shape index (κ2) is 23.6. The Kier molecular flexibility index (Phi) is 19.2. The highest BCUT2D eigenvalue weighted by molar-refractivity contribution is 6.06. The van der Waals surface area contributed by atoms with Gasteiger partial charge >= 0.3 is 17.9 Å². The highest BCUT2D eigenvalue weighted by Crippen LogP contribution is 2.16. The van der Waals surface area contributed by atoms with Gasteiger partial charge in [-0.05, 0) is 94.0 Å². The van der Waals surface area contributed by atoms with Crippen LogP contribution in [0.4, 0.5) is 0 Å². The van der Waals surface area contributed by atoms with Gasteiger partial charge in [-0.2, -0.15) is 0 Å². The van der Waals surface area contributed by atoms with Gasteiger partial charge in [0.1, 0.15) is 24.7 Å². The second-order valence-electron chi connectivity index (χ2n) is 11.5. The average Bonchev–Trinajstić information content (AvgIpc) is 3.13. The minimum absolute atomic E-state index is 0.00952. The van der Waals surface area contributed by atoms with Crippen molar-refractivity contribution in [3.63, 3.8) is 0 Å². The fourth-order valence-electron chi connectivity index (χ4n) is 4.02. The molecule has 0 atom stereocenters. The quantitative estimate of drug-likeness (QED) is 0.0401. The standard InChI is InChI=1S/C26H30O4.C16H18O5/c1-20(2)26(28)30-19-7-5-4-6-18-29-24-15-10-22(11-16-24)12-17-25(27)23-13-8-21(3)9-14-23;1-12(2)16(18)21-11-10-20-14-7-4-13(5-8-14)6-9-15(17)19-3/h8-17H,1,4-7,18-19H2,2-3H3;4-9H,1,10-11H2,2-3H3/b17-12+;9-6+. The normalized spacial score (nSPS) is 10.5. The minimum Gasteiger partial charge on any atom is -0.494 e. The summed E-state index contributed by atoms with van der Waals surface area (Å²) in [5, 5.41) is 0. The van der Waals surface area contributed by atoms with E-state index in [1.165, 1.54) is 13.2 Å². The molecule has 0 amide bonds. The second-order valence-corrected chi connectivity index (χ2v) is 11.5. The van der Waals surface area contributed by atoms with Crippen LogP contribution in [0.1, 0.15) is 66.6 Å². The zero-order valence-corrected chi connectivity index (χ0v) is 30.0. The van der Waals surface area contributed by atoms with Crippen molar-refractivity contribution >= 4 is 35.8 Å². The molecule has 3 rings (SSSR count). The van der Waals surface area contributed by atoms with Crippen molar-refractivity contribution in [3.05, 3.63) is 132 Å². The van der Waals surface area contributed by atoms with Crippen molar-refractivity contribution in [2.24, 2.45) is 0 Å². The van der Waals surface area contributed by atoms with E-state index in [-0.39, 0.29) is 25.0 Å². The number of carbonyl (C=O) groups is 4. The molecule has 9 heteroatoms. The van der Waals surface area contributed by atoms with E-state index in [1.54, 1.807) is 50.3 Å². The lowest BCUT2D eigenvalue weighted by Gasteiger charge is -2.07. The van der Waals surface area contributed by atoms with Gasteiger partial charge in [-0.15, -0.1) is 0 Å². The summed E-state index contributed by atoms with van der Waals surface area (Å²) in [6, 6.07) is 22.4. The number of rotatable bonds is 19. The molecule has 0 unspecified atom stereocenters. The Bertz CT molecular complexity index is 1630. The van der Waals surface area contributed by atoms with Gasteiger partial charge in [0, 0.05) is 22.8 Å². The van der Waals surface area contributed by atoms with Gasteiger partial charge in [-0.3, -0.25) is 4.79 Å². The van der Waals surface area contributed by atoms with E-state index in [4.69, 9.17) is 18.9 Å². The molecule has 51 heavy (non-hydrogen) atoms. The number of carbonyl (C=O) groups excluding carboxylic acids is 4. The van der Waals surface area contributed by atoms with Crippen LogP contribution in [-0.2, 0) is 28.6 Å². The molecule has 3 aromatic rings. The third kappa shape index (κ3) is 18.0. The SMILES string of the molecule is C=C(C)C(=O)OCCCCCCOc1ccc(/C=C/C(=O)c2ccc(C)cc2)cc1.C=C(C)C(=O)OCCOc1ccc(/C=C/C(=O)OC)cc1. The highest BCUT2D eigenvalue weighted by Gasteiger charge is 2.04. The predicted molar refractivity (Wildman–Crippen MR) is 199 cm³/mol. The van der Waals surface area contributed by atoms with Gasteiger partial charge in [0.05, 0.1) is 20.3 Å². The number of allylic oxidation sites excluding steroid dienone is 1. The van der Waals surface area contributed by atoms with E-state index in [9.17, 15) is 19.2 Å². The number of ketones is 1. The van der Waals surface area contributed by atoms with Crippen molar-refractivity contribution in [3.8, 4) is 11.5 Å². The van der Waals surface area contributed by atoms with E-state index in [0.29, 0.717) is 35.7 Å². The fraction of sp³-hybridized carbons (Fsp3) is 0.286. The maximum Gasteiger partial charge on any atom is 0.333 e. The van der Waals surface area contributed by atoms with Gasteiger partial charge in [0.15, 0.2) is 5.78 Å². The molecular weight excluding hydrogens is 648 g/mol. The van der Waals surface area contributed by atoms with Crippen molar-refractivity contribution in [1.82, 2.24) is 0 Å². The average molecular weight is 697 g/mol. The van der Waals surface area contributed by atoms with Crippen molar-refractivity contribution in [2.45, 2.75) is 46.5 Å². The zero-order valence-electron chi connectivity index (χ0n) is 30.0. The topological polar surface area (TPSA) is 114 Å². The summed E-state index contributed by atoms with van der Waals surface area (Å²) >= 11 is 0. The molecule has 270 valence electrons. The van der Waals surface area contributed by atoms with Crippen LogP contribution in [0, 0.1) is 6.92 Å². The Hall–Kier alpha value is -5.70. The van der Waals surface area contributed by atoms with Crippen molar-refractivity contribution < 1.29 is 42.9 Å². The molecule has 0 saturated heterocycles. The van der Waals surface area contributed by atoms with E-state index in [0.717, 1.165) is 48.1 Å². The molecule has 0 radical (unpaired) electrons. The summed E-state index contributed by atoms with van der Waals surface area (Å²) in [6.45, 7) is 13.8. The Morgan fingerprint density at radius 1 is 0.588 bits per heavy atom. The molecule has 0 aliphatic carbocycles. The number of unbranched alkanes of at least 4 members (excludes halogenated alkanes) is 3. The van der Waals surface area contributed by atoms with Gasteiger partial charge in [-0.25, -0.2) is 14.4 Å². The highest BCUT2D eigenvalue weighted by atomic mass is 16.6. The van der Waals surface area contributed by atoms with Gasteiger partial charge in [0.25, 0.3) is 0 Å². The minimum atomic E-state index is -0.429. The van der Waals surface area contributed by atoms with Crippen LogP contribution in [0.2, 0.25) is 0 Å². The summed E-state index contributed by atoms with van der Waals surface area (Å²) in [5.41, 5.74) is 4.41. The van der Waals surface area contributed by atoms with Gasteiger partial charge < -0.3 is 23.7 Å². The first-order valence-electron chi connectivity index (χ1n) is 16.6. The molecule has 0 heterocycles. The Balaban J connectivity index is 0.000000377. The summed E-state index contributed by atoms with van der Waals surface area (Å²) < 4.78 is 25.6. The molecule has 9 nitrogen and oxygen atoms in total. The molecule has 0 fully saturated rings. The molecule has 0 spiro atoms. The van der Waals surface area contributed by atoms with E-state index in [2.05, 4.69) is 17.9 Å². The molecule has 3 aromatic carbocycles. The van der Waals surface area contributed by atoms with Crippen LogP contribution in [0.5, 0.6) is 11.5 Å². The third-order valence-corrected chi connectivity index (χ3v) is 6.96. The number of esters is 3. The Morgan fingerprint density at radius 2 is 1.06 bits per heavy atom. The fourth-order valence-corrected chi connectivity index (χ4v) is 4.02. The van der Waals surface area contributed by atoms with Gasteiger partial charge in [-0.1, -0.05) is 73.3 Å². The Morgan fingerprint density at radius 3 is 1.57 bits per heavy atom. The van der Waals surface area contributed by atoms with Crippen LogP contribution >= 0.6 is 0 Å². The van der Waals surface area contributed by atoms with Crippen LogP contribution in [0.15, 0.2) is 109 Å². The summed E-state index contributed by atoms with van der Waals surface area (Å²) in [5.74, 6) is 0.293. The largest absolute Gasteiger partial charge is 0.494 e. The Labute approximate surface area is 301 Å². The predicted octanol–water partition coefficient (Wildman–Crippen LogP) is 8.32. The third-order valence-electron chi connectivity index (χ3n) is 6.96. The molecule has 0 aliphatic rings. The van der Waals surface area contributed by atoms with Crippen LogP contribution < -0.4 is 9.47 Å². The molecule has 0 aliphatic heterocycles. The summed E-state index contributed by atoms with van der Waals surface area (Å²) in [6.07, 6.45) is 10.2. The first kappa shape index (κ1) is 41.5.